The second-order valence-electron chi connectivity index (χ2n) is 7.35. The lowest BCUT2D eigenvalue weighted by Crippen LogP contribution is -2.43. The summed E-state index contributed by atoms with van der Waals surface area (Å²) in [6, 6.07) is 14.9. The lowest BCUT2D eigenvalue weighted by atomic mass is 9.96. The summed E-state index contributed by atoms with van der Waals surface area (Å²) in [7, 11) is 3.23. The molecule has 0 fully saturated rings. The molecule has 0 aliphatic heterocycles. The number of hydrogen-bond donors (Lipinski definition) is 0. The Bertz CT molecular complexity index is 1150. The second-order valence-corrected chi connectivity index (χ2v) is 8.43. The fraction of sp³-hybridized carbons (Fsp3) is 0.261. The van der Waals surface area contributed by atoms with Gasteiger partial charge in [-0.05, 0) is 48.1 Å². The number of fused-ring (bicyclic) bond motifs is 2. The molecular weight excluding hydrogens is 382 g/mol. The molecule has 3 aromatic rings. The van der Waals surface area contributed by atoms with Gasteiger partial charge >= 0.3 is 6.03 Å². The number of nitriles is 1. The first-order chi connectivity index (χ1) is 14.0. The Morgan fingerprint density at radius 3 is 2.52 bits per heavy atom. The largest absolute Gasteiger partial charge is 0.331 e. The predicted molar refractivity (Wildman–Crippen MR) is 116 cm³/mol. The summed E-state index contributed by atoms with van der Waals surface area (Å²) in [6.45, 7) is 0. The maximum Gasteiger partial charge on any atom is 0.331 e. The van der Waals surface area contributed by atoms with Crippen LogP contribution in [0.25, 0.3) is 10.8 Å². The second kappa shape index (κ2) is 7.69. The van der Waals surface area contributed by atoms with Gasteiger partial charge in [-0.1, -0.05) is 36.4 Å². The predicted octanol–water partition coefficient (Wildman–Crippen LogP) is 4.98. The van der Waals surface area contributed by atoms with Crippen LogP contribution >= 0.6 is 11.3 Å². The Kier molecular flexibility index (Phi) is 5.08. The van der Waals surface area contributed by atoms with Crippen LogP contribution in [0.15, 0.2) is 42.5 Å². The van der Waals surface area contributed by atoms with Crippen LogP contribution in [0.1, 0.15) is 39.2 Å². The minimum absolute atomic E-state index is 0.407. The van der Waals surface area contributed by atoms with E-state index in [2.05, 4.69) is 6.07 Å². The van der Waals surface area contributed by atoms with Crippen molar-refractivity contribution in [2.75, 3.05) is 19.0 Å². The number of benzene rings is 2. The molecule has 146 valence electrons. The summed E-state index contributed by atoms with van der Waals surface area (Å²) in [4.78, 5) is 30.4. The van der Waals surface area contributed by atoms with E-state index in [9.17, 15) is 14.9 Å². The Morgan fingerprint density at radius 1 is 1.03 bits per heavy atom. The number of carbonyl (C=O) groups excluding carboxylic acids is 2. The van der Waals surface area contributed by atoms with Gasteiger partial charge in [-0.3, -0.25) is 4.79 Å². The van der Waals surface area contributed by atoms with E-state index >= 15 is 0 Å². The van der Waals surface area contributed by atoms with Gasteiger partial charge in [0, 0.05) is 24.5 Å². The van der Waals surface area contributed by atoms with E-state index in [-0.39, 0.29) is 0 Å². The molecule has 0 saturated carbocycles. The maximum absolute atomic E-state index is 13.7. The van der Waals surface area contributed by atoms with E-state index in [0.29, 0.717) is 16.1 Å². The van der Waals surface area contributed by atoms with E-state index in [4.69, 9.17) is 0 Å². The first kappa shape index (κ1) is 19.2. The van der Waals surface area contributed by atoms with Crippen LogP contribution in [0.3, 0.4) is 0 Å². The number of amides is 3. The first-order valence-corrected chi connectivity index (χ1v) is 10.4. The van der Waals surface area contributed by atoms with E-state index in [1.807, 2.05) is 36.4 Å². The number of urea groups is 1. The highest BCUT2D eigenvalue weighted by Crippen LogP contribution is 2.41. The molecule has 0 atom stereocenters. The SMILES string of the molecule is CN(C)C(=O)N(C(=O)c1cccc2ccccc12)c1sc2c(c1C#N)CCCC2. The fourth-order valence-electron chi connectivity index (χ4n) is 3.82. The van der Waals surface area contributed by atoms with Gasteiger partial charge in [-0.15, -0.1) is 11.3 Å². The van der Waals surface area contributed by atoms with Gasteiger partial charge in [-0.25, -0.2) is 9.69 Å². The van der Waals surface area contributed by atoms with Crippen molar-refractivity contribution >= 4 is 39.0 Å². The molecule has 0 saturated heterocycles. The molecule has 3 amide bonds. The van der Waals surface area contributed by atoms with Crippen LogP contribution in [-0.2, 0) is 12.8 Å². The topological polar surface area (TPSA) is 64.4 Å². The molecule has 4 rings (SSSR count). The Balaban J connectivity index is 1.90. The molecule has 0 N–H and O–H groups in total. The van der Waals surface area contributed by atoms with Crippen LogP contribution in [0, 0.1) is 11.3 Å². The molecule has 5 nitrogen and oxygen atoms in total. The fourth-order valence-corrected chi connectivity index (χ4v) is 5.15. The molecule has 0 bridgehead atoms. The van der Waals surface area contributed by atoms with Gasteiger partial charge in [0.25, 0.3) is 5.91 Å². The van der Waals surface area contributed by atoms with Crippen molar-refractivity contribution < 1.29 is 9.59 Å². The molecule has 0 unspecified atom stereocenters. The Hall–Kier alpha value is -3.17. The highest BCUT2D eigenvalue weighted by atomic mass is 32.1. The van der Waals surface area contributed by atoms with Crippen LogP contribution in [0.4, 0.5) is 9.80 Å². The molecule has 0 spiro atoms. The summed E-state index contributed by atoms with van der Waals surface area (Å²) in [5.74, 6) is -0.407. The Labute approximate surface area is 173 Å². The van der Waals surface area contributed by atoms with E-state index in [0.717, 1.165) is 46.9 Å². The molecule has 1 aromatic heterocycles. The summed E-state index contributed by atoms with van der Waals surface area (Å²) in [5.41, 5.74) is 1.92. The Morgan fingerprint density at radius 2 is 1.76 bits per heavy atom. The van der Waals surface area contributed by atoms with Gasteiger partial charge in [0.2, 0.25) is 0 Å². The molecular formula is C23H21N3O2S. The van der Waals surface area contributed by atoms with Crippen molar-refractivity contribution in [3.05, 3.63) is 64.0 Å². The zero-order valence-electron chi connectivity index (χ0n) is 16.4. The third kappa shape index (κ3) is 3.28. The molecule has 1 aliphatic rings. The summed E-state index contributed by atoms with van der Waals surface area (Å²) in [5, 5.41) is 12.0. The number of aryl methyl sites for hydroxylation is 1. The molecule has 0 radical (unpaired) electrons. The van der Waals surface area contributed by atoms with Crippen molar-refractivity contribution in [2.45, 2.75) is 25.7 Å². The van der Waals surface area contributed by atoms with Gasteiger partial charge < -0.3 is 4.90 Å². The van der Waals surface area contributed by atoms with Crippen LogP contribution < -0.4 is 4.90 Å². The number of anilines is 1. The number of nitrogens with zero attached hydrogens (tertiary/aromatic N) is 3. The summed E-state index contributed by atoms with van der Waals surface area (Å²) >= 11 is 1.40. The standard InChI is InChI=1S/C23H21N3O2S/c1-25(2)23(28)26(22-19(14-24)17-11-5-6-13-20(17)29-22)21(27)18-12-7-9-15-8-3-4-10-16(15)18/h3-4,7-10,12H,5-6,11,13H2,1-2H3. The van der Waals surface area contributed by atoms with Gasteiger partial charge in [-0.2, -0.15) is 5.26 Å². The lowest BCUT2D eigenvalue weighted by molar-refractivity contribution is 0.0991. The zero-order valence-corrected chi connectivity index (χ0v) is 17.3. The summed E-state index contributed by atoms with van der Waals surface area (Å²) in [6.07, 6.45) is 3.80. The number of carbonyl (C=O) groups is 2. The van der Waals surface area contributed by atoms with E-state index in [1.165, 1.54) is 21.1 Å². The van der Waals surface area contributed by atoms with Crippen molar-refractivity contribution in [3.8, 4) is 6.07 Å². The third-order valence-electron chi connectivity index (χ3n) is 5.26. The zero-order chi connectivity index (χ0) is 20.5. The van der Waals surface area contributed by atoms with Gasteiger partial charge in [0.05, 0.1) is 5.56 Å². The molecule has 1 aliphatic carbocycles. The average molecular weight is 404 g/mol. The molecule has 2 aromatic carbocycles. The third-order valence-corrected chi connectivity index (χ3v) is 6.54. The van der Waals surface area contributed by atoms with Crippen molar-refractivity contribution in [1.29, 1.82) is 5.26 Å². The van der Waals surface area contributed by atoms with Crippen LogP contribution in [0.5, 0.6) is 0 Å². The number of rotatable bonds is 2. The van der Waals surface area contributed by atoms with Crippen molar-refractivity contribution in [1.82, 2.24) is 4.90 Å². The number of hydrogen-bond acceptors (Lipinski definition) is 4. The minimum Gasteiger partial charge on any atom is -0.330 e. The smallest absolute Gasteiger partial charge is 0.330 e. The molecule has 29 heavy (non-hydrogen) atoms. The highest BCUT2D eigenvalue weighted by Gasteiger charge is 2.33. The quantitative estimate of drug-likeness (QED) is 0.606. The van der Waals surface area contributed by atoms with E-state index < -0.39 is 11.9 Å². The number of imide groups is 1. The van der Waals surface area contributed by atoms with Gasteiger partial charge in [0.1, 0.15) is 11.1 Å². The van der Waals surface area contributed by atoms with Crippen LogP contribution in [-0.4, -0.2) is 30.9 Å². The lowest BCUT2D eigenvalue weighted by Gasteiger charge is -2.24. The first-order valence-electron chi connectivity index (χ1n) is 9.61. The van der Waals surface area contributed by atoms with Crippen molar-refractivity contribution in [3.63, 3.8) is 0 Å². The number of thiophene rings is 1. The van der Waals surface area contributed by atoms with E-state index in [1.54, 1.807) is 20.2 Å². The molecule has 6 heteroatoms. The van der Waals surface area contributed by atoms with Crippen molar-refractivity contribution in [2.24, 2.45) is 0 Å². The normalized spacial score (nSPS) is 12.9. The summed E-state index contributed by atoms with van der Waals surface area (Å²) < 4.78 is 0. The molecule has 1 heterocycles. The monoisotopic (exact) mass is 403 g/mol. The minimum atomic E-state index is -0.446. The van der Waals surface area contributed by atoms with Gasteiger partial charge in [0.15, 0.2) is 0 Å². The average Bonchev–Trinajstić information content (AvgIpc) is 3.11. The maximum atomic E-state index is 13.7. The highest BCUT2D eigenvalue weighted by molar-refractivity contribution is 7.17. The van der Waals surface area contributed by atoms with Crippen LogP contribution in [0.2, 0.25) is 0 Å².